The van der Waals surface area contributed by atoms with Crippen LogP contribution in [-0.4, -0.2) is 18.7 Å². The van der Waals surface area contributed by atoms with Gasteiger partial charge in [0, 0.05) is 30.2 Å². The van der Waals surface area contributed by atoms with Gasteiger partial charge in [-0.2, -0.15) is 0 Å². The molecule has 0 aliphatic rings. The molecule has 0 spiro atoms. The van der Waals surface area contributed by atoms with E-state index in [0.29, 0.717) is 0 Å². The lowest BCUT2D eigenvalue weighted by atomic mass is 9.91. The molecule has 0 saturated heterocycles. The predicted octanol–water partition coefficient (Wildman–Crippen LogP) is 2.77. The van der Waals surface area contributed by atoms with Gasteiger partial charge in [-0.05, 0) is 13.3 Å². The van der Waals surface area contributed by atoms with Crippen molar-refractivity contribution in [1.82, 2.24) is 4.98 Å². The standard InChI is InChI=1S/C10H17NOS/c1-8-7-13-9(11-8)10(2,3)5-6-12-4/h7H,5-6H2,1-4H3. The lowest BCUT2D eigenvalue weighted by molar-refractivity contribution is 0.174. The second-order valence-corrected chi connectivity index (χ2v) is 4.78. The lowest BCUT2D eigenvalue weighted by Gasteiger charge is -2.20. The van der Waals surface area contributed by atoms with E-state index in [4.69, 9.17) is 4.74 Å². The van der Waals surface area contributed by atoms with Gasteiger partial charge < -0.3 is 4.74 Å². The Labute approximate surface area is 84.0 Å². The van der Waals surface area contributed by atoms with E-state index in [-0.39, 0.29) is 5.41 Å². The van der Waals surface area contributed by atoms with Gasteiger partial charge in [0.05, 0.1) is 5.01 Å². The quantitative estimate of drug-likeness (QED) is 0.744. The molecule has 1 heterocycles. The van der Waals surface area contributed by atoms with Crippen molar-refractivity contribution in [1.29, 1.82) is 0 Å². The maximum absolute atomic E-state index is 5.08. The van der Waals surface area contributed by atoms with Crippen LogP contribution in [0.2, 0.25) is 0 Å². The molecule has 1 aromatic rings. The summed E-state index contributed by atoms with van der Waals surface area (Å²) in [5, 5.41) is 3.31. The Morgan fingerprint density at radius 3 is 2.69 bits per heavy atom. The van der Waals surface area contributed by atoms with Crippen LogP contribution in [0.3, 0.4) is 0 Å². The molecule has 0 saturated carbocycles. The number of thiazole rings is 1. The molecule has 0 fully saturated rings. The monoisotopic (exact) mass is 199 g/mol. The largest absolute Gasteiger partial charge is 0.385 e. The highest BCUT2D eigenvalue weighted by Crippen LogP contribution is 2.29. The fourth-order valence-electron chi connectivity index (χ4n) is 1.13. The average Bonchev–Trinajstić information content (AvgIpc) is 2.49. The summed E-state index contributed by atoms with van der Waals surface area (Å²) >= 11 is 1.74. The Hall–Kier alpha value is -0.410. The molecule has 0 aromatic carbocycles. The van der Waals surface area contributed by atoms with Crippen molar-refractivity contribution in [2.45, 2.75) is 32.6 Å². The summed E-state index contributed by atoms with van der Waals surface area (Å²) in [6.45, 7) is 7.26. The van der Waals surface area contributed by atoms with Crippen LogP contribution in [0.15, 0.2) is 5.38 Å². The molecule has 0 radical (unpaired) electrons. The fourth-order valence-corrected chi connectivity index (χ4v) is 2.08. The van der Waals surface area contributed by atoms with Crippen LogP contribution >= 0.6 is 11.3 Å². The molecule has 0 N–H and O–H groups in total. The molecule has 0 unspecified atom stereocenters. The van der Waals surface area contributed by atoms with Crippen LogP contribution < -0.4 is 0 Å². The van der Waals surface area contributed by atoms with Crippen molar-refractivity contribution in [3.05, 3.63) is 16.1 Å². The summed E-state index contributed by atoms with van der Waals surface area (Å²) in [5.41, 5.74) is 1.26. The predicted molar refractivity (Wildman–Crippen MR) is 56.4 cm³/mol. The van der Waals surface area contributed by atoms with Gasteiger partial charge in [0.25, 0.3) is 0 Å². The second kappa shape index (κ2) is 4.20. The summed E-state index contributed by atoms with van der Waals surface area (Å²) in [4.78, 5) is 4.50. The Balaban J connectivity index is 2.68. The first-order chi connectivity index (χ1) is 6.06. The van der Waals surface area contributed by atoms with Gasteiger partial charge in [-0.25, -0.2) is 4.98 Å². The molecule has 13 heavy (non-hydrogen) atoms. The van der Waals surface area contributed by atoms with Crippen LogP contribution in [0.4, 0.5) is 0 Å². The van der Waals surface area contributed by atoms with Crippen molar-refractivity contribution in [3.8, 4) is 0 Å². The van der Waals surface area contributed by atoms with E-state index in [1.54, 1.807) is 18.4 Å². The lowest BCUT2D eigenvalue weighted by Crippen LogP contribution is -2.19. The highest BCUT2D eigenvalue weighted by atomic mass is 32.1. The Morgan fingerprint density at radius 2 is 2.23 bits per heavy atom. The van der Waals surface area contributed by atoms with Crippen LogP contribution in [0, 0.1) is 6.92 Å². The molecule has 1 rings (SSSR count). The minimum Gasteiger partial charge on any atom is -0.385 e. The van der Waals surface area contributed by atoms with E-state index < -0.39 is 0 Å². The molecule has 3 heteroatoms. The average molecular weight is 199 g/mol. The van der Waals surface area contributed by atoms with Gasteiger partial charge in [0.15, 0.2) is 0 Å². The number of hydrogen-bond acceptors (Lipinski definition) is 3. The summed E-state index contributed by atoms with van der Waals surface area (Å²) < 4.78 is 5.08. The van der Waals surface area contributed by atoms with Crippen LogP contribution in [0.1, 0.15) is 31.0 Å². The van der Waals surface area contributed by atoms with Crippen molar-refractivity contribution in [2.75, 3.05) is 13.7 Å². The molecule has 0 atom stereocenters. The topological polar surface area (TPSA) is 22.1 Å². The third-order valence-electron chi connectivity index (χ3n) is 2.13. The Kier molecular flexibility index (Phi) is 3.45. The first kappa shape index (κ1) is 10.7. The van der Waals surface area contributed by atoms with Crippen LogP contribution in [0.5, 0.6) is 0 Å². The summed E-state index contributed by atoms with van der Waals surface area (Å²) in [6, 6.07) is 0. The van der Waals surface area contributed by atoms with Crippen molar-refractivity contribution in [3.63, 3.8) is 0 Å². The number of ether oxygens (including phenoxy) is 1. The molecule has 2 nitrogen and oxygen atoms in total. The fraction of sp³-hybridized carbons (Fsp3) is 0.700. The smallest absolute Gasteiger partial charge is 0.0985 e. The van der Waals surface area contributed by atoms with E-state index in [9.17, 15) is 0 Å². The number of methoxy groups -OCH3 is 1. The van der Waals surface area contributed by atoms with E-state index in [1.807, 2.05) is 6.92 Å². The maximum atomic E-state index is 5.08. The molecule has 0 amide bonds. The summed E-state index contributed by atoms with van der Waals surface area (Å²) in [7, 11) is 1.74. The number of aryl methyl sites for hydroxylation is 1. The SMILES string of the molecule is COCCC(C)(C)c1nc(C)cs1. The van der Waals surface area contributed by atoms with Gasteiger partial charge in [-0.1, -0.05) is 13.8 Å². The van der Waals surface area contributed by atoms with Crippen molar-refractivity contribution in [2.24, 2.45) is 0 Å². The van der Waals surface area contributed by atoms with Gasteiger partial charge >= 0.3 is 0 Å². The first-order valence-electron chi connectivity index (χ1n) is 4.48. The summed E-state index contributed by atoms with van der Waals surface area (Å²) in [5.74, 6) is 0. The molecular formula is C10H17NOS. The molecule has 74 valence electrons. The molecule has 0 aliphatic heterocycles. The van der Waals surface area contributed by atoms with Crippen molar-refractivity contribution < 1.29 is 4.74 Å². The third-order valence-corrected chi connectivity index (χ3v) is 3.46. The second-order valence-electron chi connectivity index (χ2n) is 3.92. The third kappa shape index (κ3) is 2.78. The van der Waals surface area contributed by atoms with E-state index in [1.165, 1.54) is 5.01 Å². The van der Waals surface area contributed by atoms with Crippen molar-refractivity contribution >= 4 is 11.3 Å². The minimum absolute atomic E-state index is 0.148. The number of hydrogen-bond donors (Lipinski definition) is 0. The zero-order valence-electron chi connectivity index (χ0n) is 8.76. The number of aromatic nitrogens is 1. The van der Waals surface area contributed by atoms with Gasteiger partial charge in [-0.15, -0.1) is 11.3 Å². The normalized spacial score (nSPS) is 12.0. The highest BCUT2D eigenvalue weighted by molar-refractivity contribution is 7.09. The van der Waals surface area contributed by atoms with E-state index >= 15 is 0 Å². The summed E-state index contributed by atoms with van der Waals surface area (Å²) in [6.07, 6.45) is 1.02. The van der Waals surface area contributed by atoms with Gasteiger partial charge in [0.2, 0.25) is 0 Å². The minimum atomic E-state index is 0.148. The Morgan fingerprint density at radius 1 is 1.54 bits per heavy atom. The molecule has 0 aliphatic carbocycles. The van der Waals surface area contributed by atoms with Crippen LogP contribution in [0.25, 0.3) is 0 Å². The zero-order chi connectivity index (χ0) is 9.90. The number of rotatable bonds is 4. The van der Waals surface area contributed by atoms with Gasteiger partial charge in [0.1, 0.15) is 0 Å². The molecular weight excluding hydrogens is 182 g/mol. The Bertz CT molecular complexity index is 268. The number of nitrogens with zero attached hydrogens (tertiary/aromatic N) is 1. The highest BCUT2D eigenvalue weighted by Gasteiger charge is 2.23. The molecule has 1 aromatic heterocycles. The van der Waals surface area contributed by atoms with E-state index in [0.717, 1.165) is 18.7 Å². The van der Waals surface area contributed by atoms with E-state index in [2.05, 4.69) is 24.2 Å². The molecule has 0 bridgehead atoms. The first-order valence-corrected chi connectivity index (χ1v) is 5.36. The van der Waals surface area contributed by atoms with Crippen LogP contribution in [-0.2, 0) is 10.2 Å². The van der Waals surface area contributed by atoms with Gasteiger partial charge in [-0.3, -0.25) is 0 Å². The zero-order valence-corrected chi connectivity index (χ0v) is 9.57. The maximum Gasteiger partial charge on any atom is 0.0985 e.